The van der Waals surface area contributed by atoms with Crippen LogP contribution in [0.2, 0.25) is 0 Å². The number of methoxy groups -OCH3 is 1. The van der Waals surface area contributed by atoms with Gasteiger partial charge >= 0.3 is 0 Å². The Morgan fingerprint density at radius 3 is 2.36 bits per heavy atom. The molecule has 138 valence electrons. The Balaban J connectivity index is 1.90. The number of carbonyl (C=O) groups excluding carboxylic acids is 1. The van der Waals surface area contributed by atoms with Crippen LogP contribution in [0.15, 0.2) is 24.3 Å². The van der Waals surface area contributed by atoms with Crippen molar-refractivity contribution in [3.05, 3.63) is 29.8 Å². The maximum absolute atomic E-state index is 13.7. The highest BCUT2D eigenvalue weighted by Crippen LogP contribution is 2.43. The van der Waals surface area contributed by atoms with Crippen molar-refractivity contribution in [2.45, 2.75) is 63.8 Å². The SMILES string of the molecule is COc1ccc(C2(C(=O)N3CCC(N)C(C)(C)C3)CCCCC2)cc1. The molecule has 4 heteroatoms. The Kier molecular flexibility index (Phi) is 5.10. The van der Waals surface area contributed by atoms with Crippen molar-refractivity contribution in [1.82, 2.24) is 4.90 Å². The molecule has 1 unspecified atom stereocenters. The fourth-order valence-electron chi connectivity index (χ4n) is 4.54. The number of ether oxygens (including phenoxy) is 1. The maximum atomic E-state index is 13.7. The number of hydrogen-bond acceptors (Lipinski definition) is 3. The first kappa shape index (κ1) is 18.2. The maximum Gasteiger partial charge on any atom is 0.233 e. The lowest BCUT2D eigenvalue weighted by Crippen LogP contribution is -2.58. The van der Waals surface area contributed by atoms with Gasteiger partial charge in [0.15, 0.2) is 0 Å². The zero-order valence-electron chi connectivity index (χ0n) is 15.9. The van der Waals surface area contributed by atoms with E-state index in [1.807, 2.05) is 12.1 Å². The van der Waals surface area contributed by atoms with Gasteiger partial charge in [0.25, 0.3) is 0 Å². The standard InChI is InChI=1S/C21H32N2O2/c1-20(2)15-23(14-11-18(20)22)19(24)21(12-5-4-6-13-21)16-7-9-17(25-3)10-8-16/h7-10,18H,4-6,11-15,22H2,1-3H3. The molecule has 0 aromatic heterocycles. The van der Waals surface area contributed by atoms with Gasteiger partial charge in [-0.25, -0.2) is 0 Å². The summed E-state index contributed by atoms with van der Waals surface area (Å²) >= 11 is 0. The summed E-state index contributed by atoms with van der Waals surface area (Å²) in [6, 6.07) is 8.30. The smallest absolute Gasteiger partial charge is 0.233 e. The molecule has 1 aromatic carbocycles. The van der Waals surface area contributed by atoms with Gasteiger partial charge in [-0.15, -0.1) is 0 Å². The molecule has 2 fully saturated rings. The van der Waals surface area contributed by atoms with E-state index in [2.05, 4.69) is 30.9 Å². The third-order valence-corrected chi connectivity index (χ3v) is 6.36. The Morgan fingerprint density at radius 2 is 1.80 bits per heavy atom. The highest BCUT2D eigenvalue weighted by Gasteiger charge is 2.46. The molecule has 1 saturated heterocycles. The second-order valence-corrected chi connectivity index (χ2v) is 8.48. The molecule has 4 nitrogen and oxygen atoms in total. The lowest BCUT2D eigenvalue weighted by atomic mass is 9.67. The predicted molar refractivity (Wildman–Crippen MR) is 101 cm³/mol. The summed E-state index contributed by atoms with van der Waals surface area (Å²) in [5, 5.41) is 0. The quantitative estimate of drug-likeness (QED) is 0.913. The highest BCUT2D eigenvalue weighted by molar-refractivity contribution is 5.88. The fraction of sp³-hybridized carbons (Fsp3) is 0.667. The minimum absolute atomic E-state index is 0.0241. The van der Waals surface area contributed by atoms with Crippen LogP contribution in [0, 0.1) is 5.41 Å². The number of benzene rings is 1. The summed E-state index contributed by atoms with van der Waals surface area (Å²) in [6.07, 6.45) is 6.24. The van der Waals surface area contributed by atoms with E-state index in [9.17, 15) is 4.79 Å². The first-order valence-electron chi connectivity index (χ1n) is 9.58. The largest absolute Gasteiger partial charge is 0.497 e. The minimum atomic E-state index is -0.373. The Labute approximate surface area is 151 Å². The van der Waals surface area contributed by atoms with Crippen molar-refractivity contribution in [2.75, 3.05) is 20.2 Å². The molecule has 1 aliphatic heterocycles. The Bertz CT molecular complexity index is 603. The number of likely N-dealkylation sites (tertiary alicyclic amines) is 1. The van der Waals surface area contributed by atoms with Crippen molar-refractivity contribution in [1.29, 1.82) is 0 Å². The first-order valence-corrected chi connectivity index (χ1v) is 9.58. The molecule has 1 heterocycles. The molecular formula is C21H32N2O2. The van der Waals surface area contributed by atoms with Crippen LogP contribution in [0.1, 0.15) is 57.9 Å². The van der Waals surface area contributed by atoms with E-state index in [0.29, 0.717) is 5.91 Å². The molecule has 2 N–H and O–H groups in total. The third-order valence-electron chi connectivity index (χ3n) is 6.36. The summed E-state index contributed by atoms with van der Waals surface area (Å²) in [4.78, 5) is 15.8. The number of nitrogens with two attached hydrogens (primary N) is 1. The predicted octanol–water partition coefficient (Wildman–Crippen LogP) is 3.48. The zero-order valence-corrected chi connectivity index (χ0v) is 15.9. The number of piperidine rings is 1. The van der Waals surface area contributed by atoms with Crippen LogP contribution in [0.4, 0.5) is 0 Å². The average molecular weight is 344 g/mol. The number of nitrogens with zero attached hydrogens (tertiary/aromatic N) is 1. The minimum Gasteiger partial charge on any atom is -0.497 e. The summed E-state index contributed by atoms with van der Waals surface area (Å²) < 4.78 is 5.30. The first-order chi connectivity index (χ1) is 11.9. The number of carbonyl (C=O) groups is 1. The van der Waals surface area contributed by atoms with Gasteiger partial charge in [0.1, 0.15) is 5.75 Å². The molecule has 3 rings (SSSR count). The molecule has 2 aliphatic rings. The van der Waals surface area contributed by atoms with Crippen LogP contribution < -0.4 is 10.5 Å². The van der Waals surface area contributed by atoms with Crippen molar-refractivity contribution in [3.8, 4) is 5.75 Å². The normalized spacial score (nSPS) is 25.4. The van der Waals surface area contributed by atoms with Gasteiger partial charge in [-0.1, -0.05) is 45.2 Å². The van der Waals surface area contributed by atoms with Crippen molar-refractivity contribution >= 4 is 5.91 Å². The van der Waals surface area contributed by atoms with E-state index in [0.717, 1.165) is 56.5 Å². The second kappa shape index (κ2) is 6.99. The van der Waals surface area contributed by atoms with Gasteiger partial charge < -0.3 is 15.4 Å². The van der Waals surface area contributed by atoms with E-state index in [-0.39, 0.29) is 16.9 Å². The summed E-state index contributed by atoms with van der Waals surface area (Å²) in [5.74, 6) is 1.14. The van der Waals surface area contributed by atoms with E-state index >= 15 is 0 Å². The topological polar surface area (TPSA) is 55.6 Å². The molecule has 0 bridgehead atoms. The third kappa shape index (κ3) is 3.41. The molecule has 25 heavy (non-hydrogen) atoms. The Hall–Kier alpha value is -1.55. The van der Waals surface area contributed by atoms with Crippen LogP contribution in [-0.2, 0) is 10.2 Å². The monoisotopic (exact) mass is 344 g/mol. The van der Waals surface area contributed by atoms with Gasteiger partial charge in [-0.3, -0.25) is 4.79 Å². The Morgan fingerprint density at radius 1 is 1.16 bits per heavy atom. The van der Waals surface area contributed by atoms with Gasteiger partial charge in [-0.2, -0.15) is 0 Å². The molecule has 1 saturated carbocycles. The van der Waals surface area contributed by atoms with E-state index in [1.54, 1.807) is 7.11 Å². The van der Waals surface area contributed by atoms with E-state index in [1.165, 1.54) is 6.42 Å². The number of rotatable bonds is 3. The van der Waals surface area contributed by atoms with Gasteiger partial charge in [0, 0.05) is 19.1 Å². The van der Waals surface area contributed by atoms with Crippen LogP contribution in [-0.4, -0.2) is 37.0 Å². The summed E-state index contributed by atoms with van der Waals surface area (Å²) in [6.45, 7) is 5.89. The van der Waals surface area contributed by atoms with Gasteiger partial charge in [-0.05, 0) is 42.4 Å². The van der Waals surface area contributed by atoms with Crippen molar-refractivity contribution in [2.24, 2.45) is 11.1 Å². The fourth-order valence-corrected chi connectivity index (χ4v) is 4.54. The summed E-state index contributed by atoms with van der Waals surface area (Å²) in [5.41, 5.74) is 7.02. The number of hydrogen-bond donors (Lipinski definition) is 1. The lowest BCUT2D eigenvalue weighted by molar-refractivity contribution is -0.142. The van der Waals surface area contributed by atoms with E-state index in [4.69, 9.17) is 10.5 Å². The molecule has 0 spiro atoms. The van der Waals surface area contributed by atoms with Crippen LogP contribution in [0.3, 0.4) is 0 Å². The molecule has 1 atom stereocenters. The van der Waals surface area contributed by atoms with Gasteiger partial charge in [0.05, 0.1) is 12.5 Å². The zero-order chi connectivity index (χ0) is 18.1. The molecule has 1 amide bonds. The molecule has 0 radical (unpaired) electrons. The van der Waals surface area contributed by atoms with Crippen molar-refractivity contribution < 1.29 is 9.53 Å². The average Bonchev–Trinajstić information content (AvgIpc) is 2.64. The lowest BCUT2D eigenvalue weighted by Gasteiger charge is -2.47. The van der Waals surface area contributed by atoms with Crippen LogP contribution >= 0.6 is 0 Å². The van der Waals surface area contributed by atoms with Crippen molar-refractivity contribution in [3.63, 3.8) is 0 Å². The number of amides is 1. The summed E-state index contributed by atoms with van der Waals surface area (Å²) in [7, 11) is 1.68. The highest BCUT2D eigenvalue weighted by atomic mass is 16.5. The van der Waals surface area contributed by atoms with Crippen LogP contribution in [0.25, 0.3) is 0 Å². The molecular weight excluding hydrogens is 312 g/mol. The van der Waals surface area contributed by atoms with Crippen LogP contribution in [0.5, 0.6) is 5.75 Å². The van der Waals surface area contributed by atoms with E-state index < -0.39 is 0 Å². The van der Waals surface area contributed by atoms with Gasteiger partial charge in [0.2, 0.25) is 5.91 Å². The molecule has 1 aromatic rings. The second-order valence-electron chi connectivity index (χ2n) is 8.48. The molecule has 1 aliphatic carbocycles.